The summed E-state index contributed by atoms with van der Waals surface area (Å²) in [5.41, 5.74) is 2.90. The van der Waals surface area contributed by atoms with Gasteiger partial charge in [0, 0.05) is 18.6 Å². The van der Waals surface area contributed by atoms with Crippen LogP contribution in [0.4, 0.5) is 0 Å². The van der Waals surface area contributed by atoms with Crippen molar-refractivity contribution in [3.8, 4) is 0 Å². The highest BCUT2D eigenvalue weighted by atomic mass is 16.3. The predicted octanol–water partition coefficient (Wildman–Crippen LogP) is 3.92. The minimum atomic E-state index is -0.135. The van der Waals surface area contributed by atoms with E-state index in [1.807, 2.05) is 0 Å². The summed E-state index contributed by atoms with van der Waals surface area (Å²) in [5, 5.41) is 2.95. The second-order valence-corrected chi connectivity index (χ2v) is 7.75. The van der Waals surface area contributed by atoms with Crippen LogP contribution in [0.5, 0.6) is 0 Å². The van der Waals surface area contributed by atoms with Gasteiger partial charge in [0.1, 0.15) is 6.26 Å². The van der Waals surface area contributed by atoms with Crippen LogP contribution >= 0.6 is 0 Å². The van der Waals surface area contributed by atoms with Crippen LogP contribution in [0.1, 0.15) is 61.1 Å². The first-order valence-corrected chi connectivity index (χ1v) is 9.47. The van der Waals surface area contributed by atoms with Crippen molar-refractivity contribution in [3.63, 3.8) is 0 Å². The van der Waals surface area contributed by atoms with Gasteiger partial charge in [0.2, 0.25) is 5.89 Å². The molecule has 0 radical (unpaired) electrons. The van der Waals surface area contributed by atoms with E-state index < -0.39 is 0 Å². The number of amides is 1. The molecule has 0 spiro atoms. The average molecular weight is 355 g/mol. The Bertz CT molecular complexity index is 732. The van der Waals surface area contributed by atoms with E-state index in [-0.39, 0.29) is 5.91 Å². The van der Waals surface area contributed by atoms with Gasteiger partial charge in [0.25, 0.3) is 5.91 Å². The van der Waals surface area contributed by atoms with Crippen LogP contribution in [-0.4, -0.2) is 27.9 Å². The molecule has 26 heavy (non-hydrogen) atoms. The summed E-state index contributed by atoms with van der Waals surface area (Å²) in [6.45, 7) is 10.2. The standard InChI is InChI=1S/C21H29N3O2/c1-14(2)16(4)24(11-17-7-5-15(3)6-8-17)12-20-23-19(13-26-20)21(25)22-18-9-10-18/h5-8,13-14,16,18H,9-12H2,1-4H3,(H,22,25)/t16-/m1/s1. The van der Waals surface area contributed by atoms with Crippen molar-refractivity contribution in [2.75, 3.05) is 0 Å². The number of benzene rings is 1. The van der Waals surface area contributed by atoms with Gasteiger partial charge in [-0.3, -0.25) is 9.69 Å². The molecule has 2 aromatic rings. The Balaban J connectivity index is 1.69. The molecule has 5 nitrogen and oxygen atoms in total. The highest BCUT2D eigenvalue weighted by molar-refractivity contribution is 5.92. The quantitative estimate of drug-likeness (QED) is 0.780. The number of carbonyl (C=O) groups excluding carboxylic acids is 1. The Morgan fingerprint density at radius 2 is 1.92 bits per heavy atom. The summed E-state index contributed by atoms with van der Waals surface area (Å²) in [6.07, 6.45) is 3.59. The van der Waals surface area contributed by atoms with E-state index in [1.54, 1.807) is 0 Å². The zero-order chi connectivity index (χ0) is 18.7. The third kappa shape index (κ3) is 4.94. The topological polar surface area (TPSA) is 58.4 Å². The third-order valence-corrected chi connectivity index (χ3v) is 5.08. The molecule has 1 aliphatic carbocycles. The molecular formula is C21H29N3O2. The summed E-state index contributed by atoms with van der Waals surface area (Å²) in [6, 6.07) is 9.30. The van der Waals surface area contributed by atoms with Gasteiger partial charge in [-0.1, -0.05) is 43.7 Å². The predicted molar refractivity (Wildman–Crippen MR) is 102 cm³/mol. The Morgan fingerprint density at radius 3 is 2.54 bits per heavy atom. The average Bonchev–Trinajstić information content (AvgIpc) is 3.30. The number of hydrogen-bond acceptors (Lipinski definition) is 4. The van der Waals surface area contributed by atoms with Gasteiger partial charge in [-0.05, 0) is 38.2 Å². The zero-order valence-corrected chi connectivity index (χ0v) is 16.2. The minimum Gasteiger partial charge on any atom is -0.447 e. The fourth-order valence-electron chi connectivity index (χ4n) is 2.84. The lowest BCUT2D eigenvalue weighted by molar-refractivity contribution is 0.0946. The molecule has 1 N–H and O–H groups in total. The van der Waals surface area contributed by atoms with Gasteiger partial charge in [-0.25, -0.2) is 4.98 Å². The van der Waals surface area contributed by atoms with Gasteiger partial charge in [-0.15, -0.1) is 0 Å². The molecule has 0 unspecified atom stereocenters. The van der Waals surface area contributed by atoms with Crippen molar-refractivity contribution in [1.29, 1.82) is 0 Å². The molecule has 140 valence electrons. The Labute approximate surface area is 155 Å². The highest BCUT2D eigenvalue weighted by Crippen LogP contribution is 2.20. The molecule has 0 bridgehead atoms. The molecule has 1 heterocycles. The summed E-state index contributed by atoms with van der Waals surface area (Å²) < 4.78 is 5.59. The van der Waals surface area contributed by atoms with Crippen molar-refractivity contribution in [1.82, 2.24) is 15.2 Å². The largest absolute Gasteiger partial charge is 0.447 e. The van der Waals surface area contributed by atoms with E-state index in [0.717, 1.165) is 19.4 Å². The van der Waals surface area contributed by atoms with Gasteiger partial charge in [-0.2, -0.15) is 0 Å². The maximum atomic E-state index is 12.1. The monoisotopic (exact) mass is 355 g/mol. The smallest absolute Gasteiger partial charge is 0.273 e. The van der Waals surface area contributed by atoms with Crippen LogP contribution in [0.2, 0.25) is 0 Å². The molecule has 1 amide bonds. The summed E-state index contributed by atoms with van der Waals surface area (Å²) in [7, 11) is 0. The molecule has 1 aromatic heterocycles. The number of aryl methyl sites for hydroxylation is 1. The lowest BCUT2D eigenvalue weighted by Gasteiger charge is -2.30. The highest BCUT2D eigenvalue weighted by Gasteiger charge is 2.26. The molecule has 0 aliphatic heterocycles. The van der Waals surface area contributed by atoms with Crippen LogP contribution < -0.4 is 5.32 Å². The Morgan fingerprint density at radius 1 is 1.23 bits per heavy atom. The van der Waals surface area contributed by atoms with Crippen molar-refractivity contribution in [2.45, 2.75) is 65.7 Å². The van der Waals surface area contributed by atoms with Crippen LogP contribution in [-0.2, 0) is 13.1 Å². The Kier molecular flexibility index (Phi) is 5.77. The van der Waals surface area contributed by atoms with E-state index in [2.05, 4.69) is 67.2 Å². The van der Waals surface area contributed by atoms with Crippen LogP contribution in [0, 0.1) is 12.8 Å². The van der Waals surface area contributed by atoms with Crippen molar-refractivity contribution >= 4 is 5.91 Å². The number of oxazole rings is 1. The maximum Gasteiger partial charge on any atom is 0.273 e. The number of carbonyl (C=O) groups is 1. The number of hydrogen-bond donors (Lipinski definition) is 1. The summed E-state index contributed by atoms with van der Waals surface area (Å²) in [4.78, 5) is 18.9. The van der Waals surface area contributed by atoms with Crippen LogP contribution in [0.15, 0.2) is 34.9 Å². The van der Waals surface area contributed by atoms with Crippen molar-refractivity contribution < 1.29 is 9.21 Å². The van der Waals surface area contributed by atoms with Gasteiger partial charge >= 0.3 is 0 Å². The van der Waals surface area contributed by atoms with E-state index in [4.69, 9.17) is 4.42 Å². The third-order valence-electron chi connectivity index (χ3n) is 5.08. The number of nitrogens with zero attached hydrogens (tertiary/aromatic N) is 2. The second-order valence-electron chi connectivity index (χ2n) is 7.75. The molecule has 1 saturated carbocycles. The number of rotatable bonds is 8. The first-order chi connectivity index (χ1) is 12.4. The van der Waals surface area contributed by atoms with E-state index in [0.29, 0.717) is 36.1 Å². The van der Waals surface area contributed by atoms with Gasteiger partial charge < -0.3 is 9.73 Å². The number of aromatic nitrogens is 1. The molecule has 5 heteroatoms. The van der Waals surface area contributed by atoms with Crippen LogP contribution in [0.25, 0.3) is 0 Å². The molecule has 1 aromatic carbocycles. The zero-order valence-electron chi connectivity index (χ0n) is 16.2. The molecule has 1 aliphatic rings. The molecular weight excluding hydrogens is 326 g/mol. The normalized spacial score (nSPS) is 15.5. The summed E-state index contributed by atoms with van der Waals surface area (Å²) in [5.74, 6) is 0.961. The first kappa shape index (κ1) is 18.6. The maximum absolute atomic E-state index is 12.1. The van der Waals surface area contributed by atoms with Crippen LogP contribution in [0.3, 0.4) is 0 Å². The Hall–Kier alpha value is -2.14. The lowest BCUT2D eigenvalue weighted by atomic mass is 10.0. The number of nitrogens with one attached hydrogen (secondary N) is 1. The first-order valence-electron chi connectivity index (χ1n) is 9.47. The van der Waals surface area contributed by atoms with Gasteiger partial charge in [0.15, 0.2) is 5.69 Å². The minimum absolute atomic E-state index is 0.135. The lowest BCUT2D eigenvalue weighted by Crippen LogP contribution is -2.36. The molecule has 1 fully saturated rings. The molecule has 0 saturated heterocycles. The molecule has 3 rings (SSSR count). The van der Waals surface area contributed by atoms with Gasteiger partial charge in [0.05, 0.1) is 6.54 Å². The van der Waals surface area contributed by atoms with E-state index in [9.17, 15) is 4.79 Å². The fourth-order valence-corrected chi connectivity index (χ4v) is 2.84. The second kappa shape index (κ2) is 8.04. The van der Waals surface area contributed by atoms with Crippen molar-refractivity contribution in [3.05, 3.63) is 53.2 Å². The summed E-state index contributed by atoms with van der Waals surface area (Å²) >= 11 is 0. The van der Waals surface area contributed by atoms with Crippen molar-refractivity contribution in [2.24, 2.45) is 5.92 Å². The fraction of sp³-hybridized carbons (Fsp3) is 0.524. The molecule has 1 atom stereocenters. The van der Waals surface area contributed by atoms with E-state index >= 15 is 0 Å². The SMILES string of the molecule is Cc1ccc(CN(Cc2nc(C(=O)NC3CC3)co2)[C@H](C)C(C)C)cc1. The van der Waals surface area contributed by atoms with E-state index in [1.165, 1.54) is 17.4 Å².